The fraction of sp³-hybridized carbons (Fsp3) is 0.200. The van der Waals surface area contributed by atoms with E-state index in [0.29, 0.717) is 11.5 Å². The standard InChI is InChI=1S/C15H13N5O2/c21-15-20-19-13(22-15)10-7-16-14(17-8-10)18-12-6-5-9-3-1-2-4-11(9)12/h1-4,7-8,12H,5-6H2,(H,20,21)(H,16,17,18)/t12-/m0/s1. The summed E-state index contributed by atoms with van der Waals surface area (Å²) in [6, 6.07) is 8.62. The van der Waals surface area contributed by atoms with Gasteiger partial charge in [-0.1, -0.05) is 24.3 Å². The summed E-state index contributed by atoms with van der Waals surface area (Å²) in [4.78, 5) is 19.5. The van der Waals surface area contributed by atoms with Gasteiger partial charge >= 0.3 is 5.76 Å². The summed E-state index contributed by atoms with van der Waals surface area (Å²) in [5.74, 6) is 0.130. The van der Waals surface area contributed by atoms with Crippen LogP contribution in [0.5, 0.6) is 0 Å². The van der Waals surface area contributed by atoms with Gasteiger partial charge in [0.25, 0.3) is 5.89 Å². The Hall–Kier alpha value is -2.96. The molecular formula is C15H13N5O2. The number of H-pyrrole nitrogens is 1. The van der Waals surface area contributed by atoms with Crippen LogP contribution in [0.15, 0.2) is 45.9 Å². The largest absolute Gasteiger partial charge is 0.434 e. The quantitative estimate of drug-likeness (QED) is 0.766. The van der Waals surface area contributed by atoms with Crippen LogP contribution in [0.2, 0.25) is 0 Å². The molecule has 4 rings (SSSR count). The van der Waals surface area contributed by atoms with E-state index in [2.05, 4.69) is 43.7 Å². The Labute approximate surface area is 125 Å². The van der Waals surface area contributed by atoms with Crippen LogP contribution >= 0.6 is 0 Å². The van der Waals surface area contributed by atoms with E-state index in [1.165, 1.54) is 11.1 Å². The summed E-state index contributed by atoms with van der Waals surface area (Å²) in [5, 5.41) is 9.29. The summed E-state index contributed by atoms with van der Waals surface area (Å²) < 4.78 is 4.87. The van der Waals surface area contributed by atoms with Crippen molar-refractivity contribution in [1.29, 1.82) is 0 Å². The number of hydrogen-bond donors (Lipinski definition) is 2. The van der Waals surface area contributed by atoms with Crippen molar-refractivity contribution in [3.8, 4) is 11.5 Å². The first-order valence-corrected chi connectivity index (χ1v) is 7.02. The molecule has 2 N–H and O–H groups in total. The SMILES string of the molecule is O=c1[nH]nc(-c2cnc(N[C@H]3CCc4ccccc43)nc2)o1. The lowest BCUT2D eigenvalue weighted by atomic mass is 10.1. The number of rotatable bonds is 3. The monoisotopic (exact) mass is 295 g/mol. The normalized spacial score (nSPS) is 16.5. The lowest BCUT2D eigenvalue weighted by Crippen LogP contribution is -2.09. The van der Waals surface area contributed by atoms with E-state index in [1.54, 1.807) is 12.4 Å². The number of nitrogens with zero attached hydrogens (tertiary/aromatic N) is 3. The molecule has 0 spiro atoms. The summed E-state index contributed by atoms with van der Waals surface area (Å²) in [5.41, 5.74) is 3.22. The summed E-state index contributed by atoms with van der Waals surface area (Å²) in [7, 11) is 0. The van der Waals surface area contributed by atoms with Crippen LogP contribution in [-0.4, -0.2) is 20.2 Å². The van der Waals surface area contributed by atoms with E-state index < -0.39 is 5.76 Å². The van der Waals surface area contributed by atoms with Crippen LogP contribution in [0, 0.1) is 0 Å². The first-order valence-electron chi connectivity index (χ1n) is 7.02. The van der Waals surface area contributed by atoms with Crippen molar-refractivity contribution < 1.29 is 4.42 Å². The van der Waals surface area contributed by atoms with Gasteiger partial charge in [0.15, 0.2) is 0 Å². The van der Waals surface area contributed by atoms with Crippen LogP contribution in [0.1, 0.15) is 23.6 Å². The van der Waals surface area contributed by atoms with E-state index in [1.807, 2.05) is 6.07 Å². The molecule has 22 heavy (non-hydrogen) atoms. The van der Waals surface area contributed by atoms with Crippen molar-refractivity contribution in [1.82, 2.24) is 20.2 Å². The number of anilines is 1. The van der Waals surface area contributed by atoms with Gasteiger partial charge < -0.3 is 9.73 Å². The molecule has 110 valence electrons. The van der Waals surface area contributed by atoms with Crippen molar-refractivity contribution in [2.24, 2.45) is 0 Å². The summed E-state index contributed by atoms with van der Waals surface area (Å²) in [6.45, 7) is 0. The number of nitrogens with one attached hydrogen (secondary N) is 2. The molecule has 7 heteroatoms. The van der Waals surface area contributed by atoms with Gasteiger partial charge in [0.05, 0.1) is 11.6 Å². The lowest BCUT2D eigenvalue weighted by Gasteiger charge is -2.13. The second-order valence-electron chi connectivity index (χ2n) is 5.15. The molecule has 1 aliphatic rings. The Morgan fingerprint density at radius 2 is 2.05 bits per heavy atom. The van der Waals surface area contributed by atoms with Gasteiger partial charge in [-0.15, -0.1) is 5.10 Å². The molecule has 0 amide bonds. The number of benzene rings is 1. The van der Waals surface area contributed by atoms with Gasteiger partial charge in [-0.25, -0.2) is 19.9 Å². The predicted octanol–water partition coefficient (Wildman–Crippen LogP) is 1.92. The molecule has 0 fully saturated rings. The minimum Gasteiger partial charge on any atom is -0.388 e. The van der Waals surface area contributed by atoms with E-state index in [4.69, 9.17) is 4.42 Å². The van der Waals surface area contributed by atoms with Crippen molar-refractivity contribution in [3.63, 3.8) is 0 Å². The molecular weight excluding hydrogens is 282 g/mol. The molecule has 0 aliphatic heterocycles. The number of aryl methyl sites for hydroxylation is 1. The zero-order valence-corrected chi connectivity index (χ0v) is 11.6. The number of aromatic nitrogens is 4. The average molecular weight is 295 g/mol. The smallest absolute Gasteiger partial charge is 0.388 e. The fourth-order valence-electron chi connectivity index (χ4n) is 2.73. The molecule has 2 aromatic heterocycles. The highest BCUT2D eigenvalue weighted by atomic mass is 16.4. The zero-order chi connectivity index (χ0) is 14.9. The Morgan fingerprint density at radius 3 is 2.82 bits per heavy atom. The number of fused-ring (bicyclic) bond motifs is 1. The Bertz CT molecular complexity index is 853. The Balaban J connectivity index is 1.54. The van der Waals surface area contributed by atoms with E-state index in [-0.39, 0.29) is 11.9 Å². The third kappa shape index (κ3) is 2.26. The van der Waals surface area contributed by atoms with Crippen LogP contribution < -0.4 is 11.1 Å². The third-order valence-corrected chi connectivity index (χ3v) is 3.77. The highest BCUT2D eigenvalue weighted by molar-refractivity contribution is 5.50. The van der Waals surface area contributed by atoms with Gasteiger partial charge in [0.1, 0.15) is 0 Å². The zero-order valence-electron chi connectivity index (χ0n) is 11.6. The molecule has 0 bridgehead atoms. The second kappa shape index (κ2) is 5.10. The van der Waals surface area contributed by atoms with Gasteiger partial charge in [0, 0.05) is 12.4 Å². The maximum absolute atomic E-state index is 10.9. The lowest BCUT2D eigenvalue weighted by molar-refractivity contribution is 0.526. The molecule has 1 aliphatic carbocycles. The van der Waals surface area contributed by atoms with Gasteiger partial charge in [-0.3, -0.25) is 0 Å². The summed E-state index contributed by atoms with van der Waals surface area (Å²) in [6.07, 6.45) is 5.24. The van der Waals surface area contributed by atoms with Crippen LogP contribution in [0.25, 0.3) is 11.5 Å². The molecule has 0 radical (unpaired) electrons. The van der Waals surface area contributed by atoms with Crippen LogP contribution in [0.4, 0.5) is 5.95 Å². The van der Waals surface area contributed by atoms with Crippen LogP contribution in [-0.2, 0) is 6.42 Å². The molecule has 0 saturated carbocycles. The number of aromatic amines is 1. The first-order chi connectivity index (χ1) is 10.8. The highest BCUT2D eigenvalue weighted by Crippen LogP contribution is 2.32. The molecule has 3 aromatic rings. The summed E-state index contributed by atoms with van der Waals surface area (Å²) >= 11 is 0. The third-order valence-electron chi connectivity index (χ3n) is 3.77. The molecule has 0 saturated heterocycles. The van der Waals surface area contributed by atoms with E-state index in [0.717, 1.165) is 12.8 Å². The van der Waals surface area contributed by atoms with Gasteiger partial charge in [0.2, 0.25) is 5.95 Å². The van der Waals surface area contributed by atoms with E-state index in [9.17, 15) is 4.79 Å². The second-order valence-corrected chi connectivity index (χ2v) is 5.15. The molecule has 1 aromatic carbocycles. The van der Waals surface area contributed by atoms with Gasteiger partial charge in [-0.05, 0) is 24.0 Å². The minimum atomic E-state index is -0.597. The predicted molar refractivity (Wildman–Crippen MR) is 79.3 cm³/mol. The molecule has 7 nitrogen and oxygen atoms in total. The van der Waals surface area contributed by atoms with Gasteiger partial charge in [-0.2, -0.15) is 0 Å². The fourth-order valence-corrected chi connectivity index (χ4v) is 2.73. The molecule has 2 heterocycles. The average Bonchev–Trinajstić information content (AvgIpc) is 3.15. The Morgan fingerprint density at radius 1 is 1.23 bits per heavy atom. The molecule has 1 atom stereocenters. The topological polar surface area (TPSA) is 96.7 Å². The maximum atomic E-state index is 10.9. The van der Waals surface area contributed by atoms with E-state index >= 15 is 0 Å². The minimum absolute atomic E-state index is 0.183. The van der Waals surface area contributed by atoms with Crippen molar-refractivity contribution in [2.75, 3.05) is 5.32 Å². The van der Waals surface area contributed by atoms with Crippen molar-refractivity contribution in [3.05, 3.63) is 58.3 Å². The van der Waals surface area contributed by atoms with Crippen LogP contribution in [0.3, 0.4) is 0 Å². The maximum Gasteiger partial charge on any atom is 0.434 e. The number of hydrogen-bond acceptors (Lipinski definition) is 6. The van der Waals surface area contributed by atoms with Crippen molar-refractivity contribution >= 4 is 5.95 Å². The Kier molecular flexibility index (Phi) is 2.96. The molecule has 0 unspecified atom stereocenters. The first kappa shape index (κ1) is 12.8. The van der Waals surface area contributed by atoms with Crippen molar-refractivity contribution in [2.45, 2.75) is 18.9 Å². The highest BCUT2D eigenvalue weighted by Gasteiger charge is 2.22.